The fourth-order valence-corrected chi connectivity index (χ4v) is 1.13. The van der Waals surface area contributed by atoms with Gasteiger partial charge in [-0.3, -0.25) is 0 Å². The second kappa shape index (κ2) is 6.53. The Morgan fingerprint density at radius 3 is 2.12 bits per heavy atom. The third kappa shape index (κ3) is 4.31. The summed E-state index contributed by atoms with van der Waals surface area (Å²) in [6, 6.07) is 0. The van der Waals surface area contributed by atoms with E-state index in [9.17, 15) is 0 Å². The molecular formula is C5H5Cl2Nd. The SMILES string of the molecule is [Cl-].[Cl-].[Nd+2][C]1=CC=CC1. The van der Waals surface area contributed by atoms with E-state index in [2.05, 4.69) is 18.2 Å². The molecule has 0 saturated carbocycles. The van der Waals surface area contributed by atoms with Gasteiger partial charge in [-0.05, 0) is 0 Å². The molecule has 0 spiro atoms. The van der Waals surface area contributed by atoms with Gasteiger partial charge in [0.05, 0.1) is 0 Å². The van der Waals surface area contributed by atoms with E-state index in [1.54, 1.807) is 1.22 Å². The molecule has 0 aliphatic heterocycles. The monoisotopic (exact) mass is 277 g/mol. The standard InChI is InChI=1S/C5H5.2ClH.Nd/c1-2-4-5-3-1;;;/h1-3H,4H2;2*1H;/q;;;+2/p-2. The van der Waals surface area contributed by atoms with Crippen molar-refractivity contribution in [2.75, 3.05) is 0 Å². The Bertz CT molecular complexity index is 107. The summed E-state index contributed by atoms with van der Waals surface area (Å²) in [5.41, 5.74) is 0. The summed E-state index contributed by atoms with van der Waals surface area (Å²) >= 11 is 1.25. The van der Waals surface area contributed by atoms with E-state index in [0.717, 1.165) is 0 Å². The Labute approximate surface area is 88.2 Å². The fraction of sp³-hybridized carbons (Fsp3) is 0.200. The van der Waals surface area contributed by atoms with Gasteiger partial charge in [-0.2, -0.15) is 0 Å². The van der Waals surface area contributed by atoms with Gasteiger partial charge in [-0.15, -0.1) is 0 Å². The predicted octanol–water partition coefficient (Wildman–Crippen LogP) is -4.61. The maximum atomic E-state index is 2.20. The van der Waals surface area contributed by atoms with Gasteiger partial charge >= 0.3 is 64.6 Å². The van der Waals surface area contributed by atoms with E-state index in [0.29, 0.717) is 0 Å². The van der Waals surface area contributed by atoms with Crippen molar-refractivity contribution in [1.82, 2.24) is 0 Å². The van der Waals surface area contributed by atoms with Crippen LogP contribution in [0.5, 0.6) is 0 Å². The molecule has 0 atom stereocenters. The average Bonchev–Trinajstić information content (AvgIpc) is 1.86. The third-order valence-corrected chi connectivity index (χ3v) is 1.96. The first-order valence-corrected chi connectivity index (χ1v) is 3.57. The summed E-state index contributed by atoms with van der Waals surface area (Å²) in [5, 5.41) is 0. The van der Waals surface area contributed by atoms with Crippen molar-refractivity contribution in [3.8, 4) is 0 Å². The average molecular weight is 280 g/mol. The molecule has 8 heavy (non-hydrogen) atoms. The molecule has 0 nitrogen and oxygen atoms in total. The van der Waals surface area contributed by atoms with Crippen molar-refractivity contribution in [3.63, 3.8) is 0 Å². The van der Waals surface area contributed by atoms with Crippen molar-refractivity contribution in [1.29, 1.82) is 0 Å². The van der Waals surface area contributed by atoms with E-state index in [-0.39, 0.29) is 24.8 Å². The number of hydrogen-bond acceptors (Lipinski definition) is 0. The van der Waals surface area contributed by atoms with Gasteiger partial charge in [0.15, 0.2) is 0 Å². The van der Waals surface area contributed by atoms with Crippen molar-refractivity contribution >= 4 is 0 Å². The van der Waals surface area contributed by atoms with Gasteiger partial charge < -0.3 is 24.8 Å². The molecule has 0 fully saturated rings. The van der Waals surface area contributed by atoms with Gasteiger partial charge in [0.1, 0.15) is 0 Å². The Morgan fingerprint density at radius 2 is 2.00 bits per heavy atom. The van der Waals surface area contributed by atoms with Crippen LogP contribution in [-0.4, -0.2) is 0 Å². The van der Waals surface area contributed by atoms with Crippen LogP contribution in [0.15, 0.2) is 19.5 Å². The summed E-state index contributed by atoms with van der Waals surface area (Å²) in [6.45, 7) is 0. The molecular weight excluding hydrogens is 275 g/mol. The van der Waals surface area contributed by atoms with Crippen LogP contribution in [0, 0.1) is 38.8 Å². The Kier molecular flexibility index (Phi) is 9.89. The Hall–Kier alpha value is 1.41. The first-order chi connectivity index (χ1) is 2.89. The number of halogens is 2. The van der Waals surface area contributed by atoms with Gasteiger partial charge in [0.2, 0.25) is 0 Å². The summed E-state index contributed by atoms with van der Waals surface area (Å²) in [5.74, 6) is 0. The first-order valence-electron chi connectivity index (χ1n) is 1.97. The summed E-state index contributed by atoms with van der Waals surface area (Å²) in [7, 11) is 0. The van der Waals surface area contributed by atoms with Gasteiger partial charge in [-0.1, -0.05) is 0 Å². The van der Waals surface area contributed by atoms with Crippen molar-refractivity contribution in [3.05, 3.63) is 19.5 Å². The summed E-state index contributed by atoms with van der Waals surface area (Å²) in [4.78, 5) is 0. The van der Waals surface area contributed by atoms with Crippen molar-refractivity contribution < 1.29 is 63.6 Å². The number of allylic oxidation sites excluding steroid dienone is 4. The molecule has 0 aromatic heterocycles. The molecule has 0 bridgehead atoms. The molecule has 1 rings (SSSR count). The Morgan fingerprint density at radius 1 is 1.38 bits per heavy atom. The summed E-state index contributed by atoms with van der Waals surface area (Å²) in [6.07, 6.45) is 7.75. The first kappa shape index (κ1) is 12.1. The van der Waals surface area contributed by atoms with E-state index < -0.39 is 0 Å². The second-order valence-electron chi connectivity index (χ2n) is 1.32. The Balaban J connectivity index is 0. The van der Waals surface area contributed by atoms with Gasteiger partial charge in [-0.25, -0.2) is 0 Å². The van der Waals surface area contributed by atoms with Crippen LogP contribution in [-0.2, 0) is 0 Å². The molecule has 43 valence electrons. The maximum absolute atomic E-state index is 2.20. The molecule has 1 aliphatic carbocycles. The van der Waals surface area contributed by atoms with Crippen LogP contribution in [0.3, 0.4) is 0 Å². The molecule has 0 aromatic carbocycles. The van der Waals surface area contributed by atoms with E-state index in [1.807, 2.05) is 0 Å². The van der Waals surface area contributed by atoms with Crippen LogP contribution < -0.4 is 24.8 Å². The van der Waals surface area contributed by atoms with E-state index >= 15 is 0 Å². The van der Waals surface area contributed by atoms with Crippen LogP contribution in [0.2, 0.25) is 0 Å². The zero-order chi connectivity index (χ0) is 4.41. The molecule has 0 heterocycles. The summed E-state index contributed by atoms with van der Waals surface area (Å²) < 4.78 is 1.61. The quantitative estimate of drug-likeness (QED) is 0.419. The van der Waals surface area contributed by atoms with Crippen LogP contribution in [0.1, 0.15) is 6.42 Å². The molecule has 0 aromatic rings. The van der Waals surface area contributed by atoms with Crippen molar-refractivity contribution in [2.24, 2.45) is 0 Å². The van der Waals surface area contributed by atoms with Crippen molar-refractivity contribution in [2.45, 2.75) is 6.42 Å². The molecule has 0 saturated heterocycles. The minimum atomic E-state index is 0. The van der Waals surface area contributed by atoms with E-state index in [1.165, 1.54) is 45.2 Å². The number of rotatable bonds is 0. The fourth-order valence-electron chi connectivity index (χ4n) is 0.447. The van der Waals surface area contributed by atoms with Gasteiger partial charge in [0.25, 0.3) is 0 Å². The number of hydrogen-bond donors (Lipinski definition) is 0. The third-order valence-electron chi connectivity index (χ3n) is 0.771. The molecule has 0 N–H and O–H groups in total. The van der Waals surface area contributed by atoms with Crippen LogP contribution in [0.4, 0.5) is 0 Å². The predicted molar refractivity (Wildman–Crippen MR) is 21.8 cm³/mol. The second-order valence-corrected chi connectivity index (χ2v) is 3.38. The van der Waals surface area contributed by atoms with Crippen LogP contribution >= 0.6 is 0 Å². The molecule has 0 radical (unpaired) electrons. The molecule has 0 amide bonds. The zero-order valence-corrected chi connectivity index (χ0v) is 8.92. The zero-order valence-electron chi connectivity index (χ0n) is 4.20. The molecule has 0 unspecified atom stereocenters. The normalized spacial score (nSPS) is 14.0. The minimum absolute atomic E-state index is 0. The van der Waals surface area contributed by atoms with E-state index in [4.69, 9.17) is 0 Å². The van der Waals surface area contributed by atoms with Gasteiger partial charge in [0, 0.05) is 0 Å². The van der Waals surface area contributed by atoms with Crippen LogP contribution in [0.25, 0.3) is 0 Å². The topological polar surface area (TPSA) is 0 Å². The molecule has 3 heteroatoms. The molecule has 1 aliphatic rings.